The summed E-state index contributed by atoms with van der Waals surface area (Å²) in [5.74, 6) is 0.433. The van der Waals surface area contributed by atoms with Crippen LogP contribution in [0.2, 0.25) is 0 Å². The molecule has 1 aromatic heterocycles. The zero-order chi connectivity index (χ0) is 14.4. The van der Waals surface area contributed by atoms with Gasteiger partial charge in [0.05, 0.1) is 10.7 Å². The van der Waals surface area contributed by atoms with Gasteiger partial charge in [0.15, 0.2) is 5.78 Å². The van der Waals surface area contributed by atoms with Crippen LogP contribution >= 0.6 is 15.9 Å². The Hall–Kier alpha value is -0.680. The smallest absolute Gasteiger partial charge is 0.185 e. The third-order valence-electron chi connectivity index (χ3n) is 4.94. The van der Waals surface area contributed by atoms with Gasteiger partial charge in [-0.25, -0.2) is 0 Å². The Labute approximate surface area is 128 Å². The van der Waals surface area contributed by atoms with Crippen molar-refractivity contribution < 1.29 is 4.79 Å². The average molecular weight is 340 g/mol. The van der Waals surface area contributed by atoms with E-state index in [2.05, 4.69) is 46.8 Å². The largest absolute Gasteiger partial charge is 0.300 e. The van der Waals surface area contributed by atoms with E-state index in [1.165, 1.54) is 12.8 Å². The minimum atomic E-state index is 0.161. The minimum Gasteiger partial charge on any atom is -0.300 e. The molecule has 0 aliphatic carbocycles. The predicted octanol–water partition coefficient (Wildman–Crippen LogP) is 3.28. The van der Waals surface area contributed by atoms with Crippen molar-refractivity contribution in [1.29, 1.82) is 0 Å². The molecular formula is C15H22BrN3O. The highest BCUT2D eigenvalue weighted by molar-refractivity contribution is 9.10. The number of carbonyl (C=O) groups excluding carboxylic acids is 1. The van der Waals surface area contributed by atoms with Gasteiger partial charge in [0.2, 0.25) is 0 Å². The number of ketones is 1. The molecule has 4 nitrogen and oxygen atoms in total. The zero-order valence-electron chi connectivity index (χ0n) is 12.3. The molecule has 2 aliphatic rings. The van der Waals surface area contributed by atoms with Crippen LogP contribution in [0.15, 0.2) is 10.7 Å². The van der Waals surface area contributed by atoms with Crippen LogP contribution in [0.5, 0.6) is 0 Å². The summed E-state index contributed by atoms with van der Waals surface area (Å²) < 4.78 is 2.69. The fourth-order valence-corrected chi connectivity index (χ4v) is 4.25. The third-order valence-corrected chi connectivity index (χ3v) is 5.52. The van der Waals surface area contributed by atoms with Gasteiger partial charge in [-0.2, -0.15) is 5.10 Å². The molecule has 2 saturated heterocycles. The van der Waals surface area contributed by atoms with Crippen molar-refractivity contribution in [1.82, 2.24) is 14.7 Å². The van der Waals surface area contributed by atoms with Crippen molar-refractivity contribution >= 4 is 21.7 Å². The minimum absolute atomic E-state index is 0.161. The lowest BCUT2D eigenvalue weighted by Crippen LogP contribution is -2.42. The molecule has 2 fully saturated rings. The molecule has 0 aromatic carbocycles. The maximum Gasteiger partial charge on any atom is 0.185 e. The molecule has 0 saturated carbocycles. The number of fused-ring (bicyclic) bond motifs is 2. The SMILES string of the molecule is CC(C)n1ncc(Br)c1C(=O)C1CC2CCC(C1)N2C. The average Bonchev–Trinajstić information content (AvgIpc) is 2.85. The van der Waals surface area contributed by atoms with E-state index >= 15 is 0 Å². The van der Waals surface area contributed by atoms with Crippen LogP contribution in [0.1, 0.15) is 56.1 Å². The molecule has 0 radical (unpaired) electrons. The summed E-state index contributed by atoms with van der Waals surface area (Å²) in [6.07, 6.45) is 6.24. The first-order valence-corrected chi connectivity index (χ1v) is 8.27. The van der Waals surface area contributed by atoms with Gasteiger partial charge >= 0.3 is 0 Å². The Morgan fingerprint density at radius 3 is 2.50 bits per heavy atom. The first-order chi connectivity index (χ1) is 9.49. The quantitative estimate of drug-likeness (QED) is 0.793. The maximum atomic E-state index is 12.9. The van der Waals surface area contributed by atoms with E-state index in [0.29, 0.717) is 12.1 Å². The van der Waals surface area contributed by atoms with Gasteiger partial charge in [-0.1, -0.05) is 0 Å². The van der Waals surface area contributed by atoms with Crippen LogP contribution in [0.25, 0.3) is 0 Å². The number of rotatable bonds is 3. The van der Waals surface area contributed by atoms with Crippen LogP contribution < -0.4 is 0 Å². The normalized spacial score (nSPS) is 30.1. The Kier molecular flexibility index (Phi) is 3.75. The number of aromatic nitrogens is 2. The van der Waals surface area contributed by atoms with Crippen LogP contribution in [0.3, 0.4) is 0 Å². The van der Waals surface area contributed by atoms with E-state index in [1.54, 1.807) is 6.20 Å². The van der Waals surface area contributed by atoms with Crippen molar-refractivity contribution in [2.75, 3.05) is 7.05 Å². The lowest BCUT2D eigenvalue weighted by atomic mass is 9.86. The Balaban J connectivity index is 1.85. The van der Waals surface area contributed by atoms with Gasteiger partial charge in [-0.05, 0) is 62.5 Å². The number of halogens is 1. The van der Waals surface area contributed by atoms with Crippen LogP contribution in [0.4, 0.5) is 0 Å². The summed E-state index contributed by atoms with van der Waals surface area (Å²) in [6.45, 7) is 4.13. The second-order valence-electron chi connectivity index (χ2n) is 6.46. The van der Waals surface area contributed by atoms with Crippen LogP contribution in [-0.2, 0) is 0 Å². The van der Waals surface area contributed by atoms with Gasteiger partial charge in [0.25, 0.3) is 0 Å². The van der Waals surface area contributed by atoms with Crippen LogP contribution in [-0.4, -0.2) is 39.6 Å². The van der Waals surface area contributed by atoms with Gasteiger partial charge < -0.3 is 4.90 Å². The molecule has 110 valence electrons. The third kappa shape index (κ3) is 2.25. The lowest BCUT2D eigenvalue weighted by molar-refractivity contribution is 0.0754. The highest BCUT2D eigenvalue weighted by atomic mass is 79.9. The second-order valence-corrected chi connectivity index (χ2v) is 7.32. The number of carbonyl (C=O) groups is 1. The van der Waals surface area contributed by atoms with E-state index < -0.39 is 0 Å². The van der Waals surface area contributed by atoms with Crippen molar-refractivity contribution in [2.24, 2.45) is 5.92 Å². The van der Waals surface area contributed by atoms with Gasteiger partial charge in [-0.3, -0.25) is 9.48 Å². The number of hydrogen-bond acceptors (Lipinski definition) is 3. The number of nitrogens with zero attached hydrogens (tertiary/aromatic N) is 3. The molecule has 2 atom stereocenters. The van der Waals surface area contributed by atoms with E-state index in [4.69, 9.17) is 0 Å². The number of piperidine rings is 1. The summed E-state index contributed by atoms with van der Waals surface area (Å²) >= 11 is 3.50. The summed E-state index contributed by atoms with van der Waals surface area (Å²) in [6, 6.07) is 1.40. The zero-order valence-corrected chi connectivity index (χ0v) is 13.9. The van der Waals surface area contributed by atoms with Crippen molar-refractivity contribution in [3.8, 4) is 0 Å². The van der Waals surface area contributed by atoms with Gasteiger partial charge in [0, 0.05) is 24.0 Å². The molecule has 0 N–H and O–H groups in total. The molecule has 2 aliphatic heterocycles. The Bertz CT molecular complexity index is 511. The molecule has 2 bridgehead atoms. The predicted molar refractivity (Wildman–Crippen MR) is 81.9 cm³/mol. The van der Waals surface area contributed by atoms with Crippen molar-refractivity contribution in [2.45, 2.75) is 57.7 Å². The topological polar surface area (TPSA) is 38.1 Å². The van der Waals surface area contributed by atoms with E-state index in [1.807, 2.05) is 4.68 Å². The molecule has 5 heteroatoms. The summed E-state index contributed by atoms with van der Waals surface area (Å²) in [5.41, 5.74) is 0.758. The first kappa shape index (κ1) is 14.3. The Morgan fingerprint density at radius 2 is 1.95 bits per heavy atom. The standard InChI is InChI=1S/C15H22BrN3O/c1-9(2)19-14(13(16)8-17-19)15(20)10-6-11-4-5-12(7-10)18(11)3/h8-12H,4-7H2,1-3H3. The fraction of sp³-hybridized carbons (Fsp3) is 0.733. The Morgan fingerprint density at radius 1 is 1.35 bits per heavy atom. The van der Waals surface area contributed by atoms with E-state index in [-0.39, 0.29) is 17.7 Å². The van der Waals surface area contributed by atoms with Gasteiger partial charge in [-0.15, -0.1) is 0 Å². The fourth-order valence-electron chi connectivity index (χ4n) is 3.78. The molecule has 0 amide bonds. The monoisotopic (exact) mass is 339 g/mol. The highest BCUT2D eigenvalue weighted by Gasteiger charge is 2.42. The second kappa shape index (κ2) is 5.26. The number of hydrogen-bond donors (Lipinski definition) is 0. The highest BCUT2D eigenvalue weighted by Crippen LogP contribution is 2.39. The molecule has 0 spiro atoms. The summed E-state index contributed by atoms with van der Waals surface area (Å²) in [5, 5.41) is 4.34. The molecule has 2 unspecified atom stereocenters. The first-order valence-electron chi connectivity index (χ1n) is 7.48. The van der Waals surface area contributed by atoms with Crippen molar-refractivity contribution in [3.63, 3.8) is 0 Å². The maximum absolute atomic E-state index is 12.9. The van der Waals surface area contributed by atoms with Crippen LogP contribution in [0, 0.1) is 5.92 Å². The van der Waals surface area contributed by atoms with Crippen molar-refractivity contribution in [3.05, 3.63) is 16.4 Å². The molecule has 3 heterocycles. The lowest BCUT2D eigenvalue weighted by Gasteiger charge is -2.35. The molecular weight excluding hydrogens is 318 g/mol. The van der Waals surface area contributed by atoms with E-state index in [0.717, 1.165) is 23.0 Å². The molecule has 3 rings (SSSR count). The molecule has 1 aromatic rings. The summed E-state index contributed by atoms with van der Waals surface area (Å²) in [4.78, 5) is 15.4. The summed E-state index contributed by atoms with van der Waals surface area (Å²) in [7, 11) is 2.21. The number of Topliss-reactive ketones (excluding diaryl/α,β-unsaturated/α-hetero) is 1. The van der Waals surface area contributed by atoms with E-state index in [9.17, 15) is 4.79 Å². The molecule has 20 heavy (non-hydrogen) atoms. The van der Waals surface area contributed by atoms with Gasteiger partial charge in [0.1, 0.15) is 5.69 Å².